The SMILES string of the molecule is CC[C@H](C)NC(=O)[C@H](Cc1ccccc1)N(Cc1ccccc1F)C(=O)CN(c1cc(C)cc(C)c1)S(=O)(=O)c1ccc(C)cc1. The fourth-order valence-corrected chi connectivity index (χ4v) is 6.66. The zero-order chi connectivity index (χ0) is 33.4. The van der Waals surface area contributed by atoms with Gasteiger partial charge in [0.2, 0.25) is 11.8 Å². The Morgan fingerprint density at radius 1 is 0.826 bits per heavy atom. The molecule has 0 fully saturated rings. The first-order valence-electron chi connectivity index (χ1n) is 15.4. The number of hydrogen-bond donors (Lipinski definition) is 1. The van der Waals surface area contributed by atoms with Gasteiger partial charge in [-0.3, -0.25) is 13.9 Å². The predicted molar refractivity (Wildman–Crippen MR) is 180 cm³/mol. The van der Waals surface area contributed by atoms with Gasteiger partial charge in [-0.1, -0.05) is 79.2 Å². The first kappa shape index (κ1) is 34.4. The molecule has 0 aliphatic heterocycles. The number of hydrogen-bond acceptors (Lipinski definition) is 4. The first-order valence-corrected chi connectivity index (χ1v) is 16.9. The minimum absolute atomic E-state index is 0.0288. The molecule has 0 bridgehead atoms. The summed E-state index contributed by atoms with van der Waals surface area (Å²) in [6.45, 7) is 8.55. The molecule has 2 amide bonds. The largest absolute Gasteiger partial charge is 0.352 e. The summed E-state index contributed by atoms with van der Waals surface area (Å²) in [5.74, 6) is -1.57. The number of benzene rings is 4. The molecule has 0 aromatic heterocycles. The molecule has 9 heteroatoms. The molecule has 0 aliphatic carbocycles. The Kier molecular flexibility index (Phi) is 11.4. The zero-order valence-corrected chi connectivity index (χ0v) is 27.9. The Balaban J connectivity index is 1.84. The molecule has 4 aromatic carbocycles. The van der Waals surface area contributed by atoms with E-state index >= 15 is 4.39 Å². The molecule has 0 spiro atoms. The summed E-state index contributed by atoms with van der Waals surface area (Å²) in [7, 11) is -4.23. The van der Waals surface area contributed by atoms with Crippen molar-refractivity contribution in [2.24, 2.45) is 0 Å². The summed E-state index contributed by atoms with van der Waals surface area (Å²) >= 11 is 0. The second-order valence-electron chi connectivity index (χ2n) is 11.8. The molecule has 0 radical (unpaired) electrons. The number of nitrogens with zero attached hydrogens (tertiary/aromatic N) is 2. The third-order valence-electron chi connectivity index (χ3n) is 7.95. The first-order chi connectivity index (χ1) is 21.9. The van der Waals surface area contributed by atoms with Crippen molar-refractivity contribution < 1.29 is 22.4 Å². The van der Waals surface area contributed by atoms with Crippen molar-refractivity contribution in [1.82, 2.24) is 10.2 Å². The maximum absolute atomic E-state index is 15.1. The molecule has 0 unspecified atom stereocenters. The minimum atomic E-state index is -4.23. The van der Waals surface area contributed by atoms with Gasteiger partial charge >= 0.3 is 0 Å². The minimum Gasteiger partial charge on any atom is -0.352 e. The maximum atomic E-state index is 15.1. The van der Waals surface area contributed by atoms with Crippen molar-refractivity contribution in [1.29, 1.82) is 0 Å². The number of nitrogens with one attached hydrogen (secondary N) is 1. The third kappa shape index (κ3) is 8.60. The monoisotopic (exact) mass is 643 g/mol. The van der Waals surface area contributed by atoms with Gasteiger partial charge in [-0.15, -0.1) is 0 Å². The Bertz CT molecular complexity index is 1740. The van der Waals surface area contributed by atoms with Gasteiger partial charge in [-0.2, -0.15) is 0 Å². The highest BCUT2D eigenvalue weighted by Crippen LogP contribution is 2.27. The van der Waals surface area contributed by atoms with Crippen molar-refractivity contribution in [2.45, 2.75) is 71.0 Å². The lowest BCUT2D eigenvalue weighted by atomic mass is 10.0. The molecule has 0 saturated heterocycles. The lowest BCUT2D eigenvalue weighted by Gasteiger charge is -2.34. The van der Waals surface area contributed by atoms with E-state index in [1.54, 1.807) is 42.5 Å². The maximum Gasteiger partial charge on any atom is 0.264 e. The van der Waals surface area contributed by atoms with Crippen LogP contribution in [-0.2, 0) is 32.6 Å². The van der Waals surface area contributed by atoms with Gasteiger partial charge in [0.15, 0.2) is 0 Å². The second-order valence-corrected chi connectivity index (χ2v) is 13.7. The van der Waals surface area contributed by atoms with Gasteiger partial charge in [0.25, 0.3) is 10.0 Å². The number of anilines is 1. The summed E-state index contributed by atoms with van der Waals surface area (Å²) in [5.41, 5.74) is 3.87. The van der Waals surface area contributed by atoms with Gasteiger partial charge in [-0.25, -0.2) is 12.8 Å². The molecule has 242 valence electrons. The van der Waals surface area contributed by atoms with Crippen molar-refractivity contribution >= 4 is 27.5 Å². The summed E-state index contributed by atoms with van der Waals surface area (Å²) in [6.07, 6.45) is 0.817. The molecule has 0 saturated carbocycles. The van der Waals surface area contributed by atoms with Crippen LogP contribution in [0.2, 0.25) is 0 Å². The average molecular weight is 644 g/mol. The van der Waals surface area contributed by atoms with E-state index in [1.807, 2.05) is 71.0 Å². The van der Waals surface area contributed by atoms with E-state index in [0.717, 1.165) is 26.6 Å². The summed E-state index contributed by atoms with van der Waals surface area (Å²) in [5, 5.41) is 2.99. The number of carbonyl (C=O) groups is 2. The van der Waals surface area contributed by atoms with Gasteiger partial charge in [0.1, 0.15) is 18.4 Å². The highest BCUT2D eigenvalue weighted by atomic mass is 32.2. The van der Waals surface area contributed by atoms with Crippen molar-refractivity contribution in [3.8, 4) is 0 Å². The van der Waals surface area contributed by atoms with Crippen molar-refractivity contribution in [3.05, 3.63) is 131 Å². The quantitative estimate of drug-likeness (QED) is 0.180. The van der Waals surface area contributed by atoms with Gasteiger partial charge in [0, 0.05) is 24.6 Å². The molecule has 46 heavy (non-hydrogen) atoms. The number of aryl methyl sites for hydroxylation is 3. The molecular formula is C37H42FN3O4S. The van der Waals surface area contributed by atoms with Crippen LogP contribution in [0.15, 0.2) is 102 Å². The van der Waals surface area contributed by atoms with Crippen LogP contribution in [0.4, 0.5) is 10.1 Å². The number of carbonyl (C=O) groups excluding carboxylic acids is 2. The number of sulfonamides is 1. The highest BCUT2D eigenvalue weighted by molar-refractivity contribution is 7.92. The van der Waals surface area contributed by atoms with E-state index in [2.05, 4.69) is 5.32 Å². The Hall–Kier alpha value is -4.50. The van der Waals surface area contributed by atoms with Crippen LogP contribution in [0.3, 0.4) is 0 Å². The zero-order valence-electron chi connectivity index (χ0n) is 27.0. The van der Waals surface area contributed by atoms with Crippen molar-refractivity contribution in [3.63, 3.8) is 0 Å². The van der Waals surface area contributed by atoms with Gasteiger partial charge in [-0.05, 0) is 81.1 Å². The van der Waals surface area contributed by atoms with Crippen LogP contribution in [0.1, 0.15) is 48.1 Å². The highest BCUT2D eigenvalue weighted by Gasteiger charge is 2.35. The van der Waals surface area contributed by atoms with Crippen LogP contribution in [0, 0.1) is 26.6 Å². The molecule has 2 atom stereocenters. The van der Waals surface area contributed by atoms with E-state index in [0.29, 0.717) is 12.1 Å². The van der Waals surface area contributed by atoms with Gasteiger partial charge in [0.05, 0.1) is 10.6 Å². The Morgan fingerprint density at radius 2 is 1.43 bits per heavy atom. The summed E-state index contributed by atoms with van der Waals surface area (Å²) in [6, 6.07) is 25.9. The van der Waals surface area contributed by atoms with E-state index in [-0.39, 0.29) is 29.5 Å². The second kappa shape index (κ2) is 15.2. The third-order valence-corrected chi connectivity index (χ3v) is 9.74. The fourth-order valence-electron chi connectivity index (χ4n) is 5.27. The van der Waals surface area contributed by atoms with Gasteiger partial charge < -0.3 is 10.2 Å². The fraction of sp³-hybridized carbons (Fsp3) is 0.297. The molecule has 4 aromatic rings. The smallest absolute Gasteiger partial charge is 0.264 e. The Labute approximate surface area is 272 Å². The summed E-state index contributed by atoms with van der Waals surface area (Å²) < 4.78 is 44.6. The predicted octanol–water partition coefficient (Wildman–Crippen LogP) is 6.50. The molecule has 0 heterocycles. The van der Waals surface area contributed by atoms with Crippen molar-refractivity contribution in [2.75, 3.05) is 10.8 Å². The van der Waals surface area contributed by atoms with E-state index in [9.17, 15) is 18.0 Å². The topological polar surface area (TPSA) is 86.8 Å². The van der Waals surface area contributed by atoms with Crippen LogP contribution in [-0.4, -0.2) is 43.8 Å². The van der Waals surface area contributed by atoms with Crippen LogP contribution < -0.4 is 9.62 Å². The van der Waals surface area contributed by atoms with Crippen LogP contribution in [0.25, 0.3) is 0 Å². The normalized spacial score (nSPS) is 12.7. The molecule has 4 rings (SSSR count). The molecule has 0 aliphatic rings. The average Bonchev–Trinajstić information content (AvgIpc) is 3.02. The van der Waals surface area contributed by atoms with E-state index in [1.165, 1.54) is 23.1 Å². The van der Waals surface area contributed by atoms with Crippen LogP contribution >= 0.6 is 0 Å². The standard InChI is InChI=1S/C37H42FN3O4S/c1-6-29(5)39-37(43)35(23-30-12-8-7-9-13-30)40(24-31-14-10-11-15-34(31)38)36(42)25-41(32-21-27(3)20-28(4)22-32)46(44,45)33-18-16-26(2)17-19-33/h7-22,29,35H,6,23-25H2,1-5H3,(H,39,43)/t29-,35-/m0/s1. The van der Waals surface area contributed by atoms with E-state index in [4.69, 9.17) is 0 Å². The number of amides is 2. The lowest BCUT2D eigenvalue weighted by Crippen LogP contribution is -2.54. The van der Waals surface area contributed by atoms with Crippen LogP contribution in [0.5, 0.6) is 0 Å². The van der Waals surface area contributed by atoms with E-state index < -0.39 is 40.2 Å². The molecule has 1 N–H and O–H groups in total. The molecular weight excluding hydrogens is 601 g/mol. The number of rotatable bonds is 13. The molecule has 7 nitrogen and oxygen atoms in total. The number of halogens is 1. The Morgan fingerprint density at radius 3 is 2.04 bits per heavy atom. The lowest BCUT2D eigenvalue weighted by molar-refractivity contribution is -0.140. The summed E-state index contributed by atoms with van der Waals surface area (Å²) in [4.78, 5) is 29.8.